The van der Waals surface area contributed by atoms with Crippen LogP contribution in [0.4, 0.5) is 4.79 Å². The summed E-state index contributed by atoms with van der Waals surface area (Å²) in [7, 11) is 0. The molecule has 0 unspecified atom stereocenters. The lowest BCUT2D eigenvalue weighted by molar-refractivity contribution is 0.0354. The Morgan fingerprint density at radius 2 is 1.27 bits per heavy atom. The van der Waals surface area contributed by atoms with Gasteiger partial charge in [0.1, 0.15) is 0 Å². The first-order valence-corrected chi connectivity index (χ1v) is 12.3. The van der Waals surface area contributed by atoms with Crippen molar-refractivity contribution >= 4 is 6.03 Å². The minimum Gasteiger partial charge on any atom is -0.379 e. The smallest absolute Gasteiger partial charge is 0.318 e. The summed E-state index contributed by atoms with van der Waals surface area (Å²) in [5.74, 6) is 0. The molecule has 2 amide bonds. The second-order valence-electron chi connectivity index (χ2n) is 9.34. The van der Waals surface area contributed by atoms with Crippen LogP contribution in [0.5, 0.6) is 0 Å². The van der Waals surface area contributed by atoms with Gasteiger partial charge in [-0.3, -0.25) is 9.80 Å². The van der Waals surface area contributed by atoms with Crippen molar-refractivity contribution in [1.29, 1.82) is 0 Å². The Bertz CT molecular complexity index is 824. The van der Waals surface area contributed by atoms with Crippen molar-refractivity contribution in [1.82, 2.24) is 20.0 Å². The molecule has 0 bridgehead atoms. The second kappa shape index (κ2) is 11.6. The normalized spacial score (nSPS) is 18.0. The fraction of sp³-hybridized carbons (Fsp3) is 0.519. The molecule has 33 heavy (non-hydrogen) atoms. The predicted molar refractivity (Wildman–Crippen MR) is 133 cm³/mol. The Morgan fingerprint density at radius 3 is 1.79 bits per heavy atom. The lowest BCUT2D eigenvalue weighted by Gasteiger charge is -2.36. The lowest BCUT2D eigenvalue weighted by atomic mass is 9.97. The van der Waals surface area contributed by atoms with Crippen molar-refractivity contribution < 1.29 is 9.53 Å². The van der Waals surface area contributed by atoms with Gasteiger partial charge in [0, 0.05) is 39.3 Å². The van der Waals surface area contributed by atoms with E-state index in [0.717, 1.165) is 76.7 Å². The number of rotatable bonds is 7. The number of carbonyl (C=O) groups is 1. The van der Waals surface area contributed by atoms with Gasteiger partial charge in [0.25, 0.3) is 0 Å². The highest BCUT2D eigenvalue weighted by molar-refractivity contribution is 5.75. The van der Waals surface area contributed by atoms with E-state index in [4.69, 9.17) is 4.74 Å². The first-order valence-electron chi connectivity index (χ1n) is 12.3. The highest BCUT2D eigenvalue weighted by atomic mass is 16.5. The number of ether oxygens (including phenoxy) is 1. The zero-order valence-corrected chi connectivity index (χ0v) is 20.1. The molecular weight excluding hydrogens is 412 g/mol. The number of benzene rings is 2. The summed E-state index contributed by atoms with van der Waals surface area (Å²) in [6.07, 6.45) is 1.18. The predicted octanol–water partition coefficient (Wildman–Crippen LogP) is 3.44. The molecule has 0 aromatic heterocycles. The molecule has 4 rings (SSSR count). The molecule has 0 saturated carbocycles. The van der Waals surface area contributed by atoms with Crippen LogP contribution in [0.3, 0.4) is 0 Å². The summed E-state index contributed by atoms with van der Waals surface area (Å²) < 4.78 is 5.43. The molecule has 2 aromatic carbocycles. The van der Waals surface area contributed by atoms with E-state index in [1.807, 2.05) is 4.90 Å². The highest BCUT2D eigenvalue weighted by Crippen LogP contribution is 2.23. The number of urea groups is 1. The minimum absolute atomic E-state index is 0.0223. The van der Waals surface area contributed by atoms with Gasteiger partial charge in [-0.05, 0) is 44.5 Å². The molecular formula is C27H38N4O2. The molecule has 0 atom stereocenters. The fourth-order valence-corrected chi connectivity index (χ4v) is 4.61. The van der Waals surface area contributed by atoms with Crippen LogP contribution in [-0.2, 0) is 4.74 Å². The summed E-state index contributed by atoms with van der Waals surface area (Å²) in [6.45, 7) is 13.7. The van der Waals surface area contributed by atoms with Gasteiger partial charge in [0.05, 0.1) is 19.3 Å². The lowest BCUT2D eigenvalue weighted by Crippen LogP contribution is -2.52. The zero-order valence-electron chi connectivity index (χ0n) is 20.1. The Hall–Kier alpha value is -2.41. The largest absolute Gasteiger partial charge is 0.379 e. The van der Waals surface area contributed by atoms with Gasteiger partial charge in [-0.2, -0.15) is 0 Å². The standard InChI is InChI=1S/C27H38N4O2/c1-22-4-8-24(9-5-22)26(25-10-6-23(2)7-11-25)28-27(32)31-16-14-29(15-17-31)12-3-13-30-18-20-33-21-19-30/h4-11,26H,3,12-21H2,1-2H3,(H,28,32). The fourth-order valence-electron chi connectivity index (χ4n) is 4.61. The van der Waals surface area contributed by atoms with E-state index in [1.54, 1.807) is 0 Å². The van der Waals surface area contributed by atoms with Gasteiger partial charge in [0.2, 0.25) is 0 Å². The molecule has 2 aromatic rings. The molecule has 0 spiro atoms. The highest BCUT2D eigenvalue weighted by Gasteiger charge is 2.24. The molecule has 2 fully saturated rings. The number of hydrogen-bond acceptors (Lipinski definition) is 4. The van der Waals surface area contributed by atoms with Gasteiger partial charge in [-0.15, -0.1) is 0 Å². The van der Waals surface area contributed by atoms with E-state index >= 15 is 0 Å². The zero-order chi connectivity index (χ0) is 23.0. The molecule has 2 aliphatic heterocycles. The average Bonchev–Trinajstić information content (AvgIpc) is 2.85. The van der Waals surface area contributed by atoms with Crippen LogP contribution in [0.2, 0.25) is 0 Å². The average molecular weight is 451 g/mol. The van der Waals surface area contributed by atoms with Crippen LogP contribution in [0, 0.1) is 13.8 Å². The Balaban J connectivity index is 1.30. The molecule has 0 radical (unpaired) electrons. The van der Waals surface area contributed by atoms with E-state index in [1.165, 1.54) is 17.5 Å². The number of piperazine rings is 1. The number of nitrogens with one attached hydrogen (secondary N) is 1. The van der Waals surface area contributed by atoms with Gasteiger partial charge in [-0.1, -0.05) is 59.7 Å². The van der Waals surface area contributed by atoms with Gasteiger partial charge >= 0.3 is 6.03 Å². The Labute approximate surface area is 198 Å². The van der Waals surface area contributed by atoms with E-state index in [0.29, 0.717) is 0 Å². The SMILES string of the molecule is Cc1ccc(C(NC(=O)N2CCN(CCCN3CCOCC3)CC2)c2ccc(C)cc2)cc1. The molecule has 0 aliphatic carbocycles. The van der Waals surface area contributed by atoms with Crippen molar-refractivity contribution in [3.8, 4) is 0 Å². The van der Waals surface area contributed by atoms with Gasteiger partial charge in [0.15, 0.2) is 0 Å². The summed E-state index contributed by atoms with van der Waals surface area (Å²) >= 11 is 0. The van der Waals surface area contributed by atoms with Crippen LogP contribution >= 0.6 is 0 Å². The van der Waals surface area contributed by atoms with Crippen molar-refractivity contribution in [2.75, 3.05) is 65.6 Å². The van der Waals surface area contributed by atoms with Crippen molar-refractivity contribution in [2.24, 2.45) is 0 Å². The summed E-state index contributed by atoms with van der Waals surface area (Å²) in [5.41, 5.74) is 4.66. The molecule has 6 nitrogen and oxygen atoms in total. The topological polar surface area (TPSA) is 48.1 Å². The summed E-state index contributed by atoms with van der Waals surface area (Å²) in [4.78, 5) is 20.1. The quantitative estimate of drug-likeness (QED) is 0.702. The number of amides is 2. The third-order valence-corrected chi connectivity index (χ3v) is 6.80. The molecule has 1 N–H and O–H groups in total. The van der Waals surface area contributed by atoms with Crippen LogP contribution in [-0.4, -0.2) is 86.3 Å². The Kier molecular flexibility index (Phi) is 8.37. The maximum absolute atomic E-state index is 13.2. The molecule has 6 heteroatoms. The monoisotopic (exact) mass is 450 g/mol. The van der Waals surface area contributed by atoms with Gasteiger partial charge < -0.3 is 15.0 Å². The number of hydrogen-bond donors (Lipinski definition) is 1. The number of nitrogens with zero attached hydrogens (tertiary/aromatic N) is 3. The Morgan fingerprint density at radius 1 is 0.788 bits per heavy atom. The van der Waals surface area contributed by atoms with Crippen molar-refractivity contribution in [2.45, 2.75) is 26.3 Å². The van der Waals surface area contributed by atoms with E-state index in [2.05, 4.69) is 77.5 Å². The molecule has 2 saturated heterocycles. The van der Waals surface area contributed by atoms with E-state index < -0.39 is 0 Å². The number of morpholine rings is 1. The van der Waals surface area contributed by atoms with E-state index in [9.17, 15) is 4.79 Å². The third-order valence-electron chi connectivity index (χ3n) is 6.80. The van der Waals surface area contributed by atoms with Crippen LogP contribution in [0.1, 0.15) is 34.7 Å². The minimum atomic E-state index is -0.148. The molecule has 178 valence electrons. The van der Waals surface area contributed by atoms with Crippen LogP contribution in [0.25, 0.3) is 0 Å². The van der Waals surface area contributed by atoms with Crippen molar-refractivity contribution in [3.63, 3.8) is 0 Å². The second-order valence-corrected chi connectivity index (χ2v) is 9.34. The summed E-state index contributed by atoms with van der Waals surface area (Å²) in [5, 5.41) is 3.31. The third kappa shape index (κ3) is 6.79. The first kappa shape index (κ1) is 23.7. The number of aryl methyl sites for hydroxylation is 2. The van der Waals surface area contributed by atoms with Crippen LogP contribution in [0.15, 0.2) is 48.5 Å². The van der Waals surface area contributed by atoms with E-state index in [-0.39, 0.29) is 12.1 Å². The molecule has 2 heterocycles. The number of carbonyl (C=O) groups excluding carboxylic acids is 1. The molecule has 2 aliphatic rings. The maximum atomic E-state index is 13.2. The maximum Gasteiger partial charge on any atom is 0.318 e. The summed E-state index contributed by atoms with van der Waals surface area (Å²) in [6, 6.07) is 16.8. The van der Waals surface area contributed by atoms with Gasteiger partial charge in [-0.25, -0.2) is 4.79 Å². The van der Waals surface area contributed by atoms with Crippen molar-refractivity contribution in [3.05, 3.63) is 70.8 Å². The first-order chi connectivity index (χ1) is 16.1. The van der Waals surface area contributed by atoms with Crippen LogP contribution < -0.4 is 5.32 Å².